The van der Waals surface area contributed by atoms with Crippen LogP contribution < -0.4 is 16.8 Å². The van der Waals surface area contributed by atoms with E-state index in [2.05, 4.69) is 12.2 Å². The molecule has 0 heterocycles. The van der Waals surface area contributed by atoms with Crippen LogP contribution in [-0.4, -0.2) is 12.5 Å². The molecule has 16 heavy (non-hydrogen) atoms. The first kappa shape index (κ1) is 10.8. The van der Waals surface area contributed by atoms with Gasteiger partial charge in [0.2, 0.25) is 0 Å². The average Bonchev–Trinajstić information content (AvgIpc) is 2.91. The van der Waals surface area contributed by atoms with Crippen LogP contribution in [0.25, 0.3) is 0 Å². The fraction of sp³-hybridized carbons (Fsp3) is 0.417. The number of nitrogens with one attached hydrogen (secondary N) is 1. The molecule has 4 nitrogen and oxygen atoms in total. The first-order valence-corrected chi connectivity index (χ1v) is 5.51. The molecule has 1 amide bonds. The summed E-state index contributed by atoms with van der Waals surface area (Å²) in [6, 6.07) is 4.95. The molecular weight excluding hydrogens is 202 g/mol. The van der Waals surface area contributed by atoms with E-state index in [-0.39, 0.29) is 5.91 Å². The maximum Gasteiger partial charge on any atom is 0.253 e. The van der Waals surface area contributed by atoms with Gasteiger partial charge in [-0.3, -0.25) is 4.79 Å². The maximum atomic E-state index is 11.8. The van der Waals surface area contributed by atoms with Gasteiger partial charge in [-0.15, -0.1) is 0 Å². The second-order valence-corrected chi connectivity index (χ2v) is 4.53. The molecule has 0 bridgehead atoms. The van der Waals surface area contributed by atoms with Gasteiger partial charge in [0.15, 0.2) is 0 Å². The Morgan fingerprint density at radius 2 is 2.19 bits per heavy atom. The number of hydrogen-bond donors (Lipinski definition) is 3. The molecule has 0 aliphatic heterocycles. The SMILES string of the molecule is CC1CC1CNC(=O)c1ccc(N)cc1N. The molecular formula is C12H17N3O. The number of carbonyl (C=O) groups excluding carboxylic acids is 1. The number of rotatable bonds is 3. The third-order valence-corrected chi connectivity index (χ3v) is 3.12. The highest BCUT2D eigenvalue weighted by Crippen LogP contribution is 2.36. The Kier molecular flexibility index (Phi) is 2.73. The molecule has 5 N–H and O–H groups in total. The van der Waals surface area contributed by atoms with Gasteiger partial charge in [0, 0.05) is 17.9 Å². The Morgan fingerprint density at radius 1 is 1.50 bits per heavy atom. The molecule has 1 aromatic rings. The highest BCUT2D eigenvalue weighted by atomic mass is 16.1. The normalized spacial score (nSPS) is 22.8. The lowest BCUT2D eigenvalue weighted by atomic mass is 10.1. The van der Waals surface area contributed by atoms with E-state index in [0.717, 1.165) is 12.5 Å². The lowest BCUT2D eigenvalue weighted by Crippen LogP contribution is -2.26. The van der Waals surface area contributed by atoms with Crippen molar-refractivity contribution in [1.29, 1.82) is 0 Å². The molecule has 0 aromatic heterocycles. The van der Waals surface area contributed by atoms with Crippen molar-refractivity contribution < 1.29 is 4.79 Å². The average molecular weight is 219 g/mol. The van der Waals surface area contributed by atoms with Crippen molar-refractivity contribution in [2.24, 2.45) is 11.8 Å². The predicted molar refractivity (Wildman–Crippen MR) is 64.9 cm³/mol. The topological polar surface area (TPSA) is 81.1 Å². The van der Waals surface area contributed by atoms with E-state index < -0.39 is 0 Å². The molecule has 2 rings (SSSR count). The molecule has 1 aliphatic carbocycles. The van der Waals surface area contributed by atoms with Crippen LogP contribution in [0.2, 0.25) is 0 Å². The van der Waals surface area contributed by atoms with E-state index in [1.807, 2.05) is 0 Å². The number of benzene rings is 1. The summed E-state index contributed by atoms with van der Waals surface area (Å²) < 4.78 is 0. The largest absolute Gasteiger partial charge is 0.399 e. The Balaban J connectivity index is 1.97. The Morgan fingerprint density at radius 3 is 2.75 bits per heavy atom. The van der Waals surface area contributed by atoms with Gasteiger partial charge in [0.05, 0.1) is 5.56 Å². The summed E-state index contributed by atoms with van der Waals surface area (Å²) in [4.78, 5) is 11.8. The third kappa shape index (κ3) is 2.27. The lowest BCUT2D eigenvalue weighted by molar-refractivity contribution is 0.0952. The van der Waals surface area contributed by atoms with E-state index >= 15 is 0 Å². The summed E-state index contributed by atoms with van der Waals surface area (Å²) in [5.74, 6) is 1.26. The molecule has 0 saturated heterocycles. The number of hydrogen-bond acceptors (Lipinski definition) is 3. The van der Waals surface area contributed by atoms with Crippen LogP contribution in [0.3, 0.4) is 0 Å². The number of carbonyl (C=O) groups is 1. The Hall–Kier alpha value is -1.71. The first-order valence-electron chi connectivity index (χ1n) is 5.51. The van der Waals surface area contributed by atoms with Crippen LogP contribution in [0.1, 0.15) is 23.7 Å². The molecule has 0 radical (unpaired) electrons. The van der Waals surface area contributed by atoms with Crippen LogP contribution in [0.4, 0.5) is 11.4 Å². The smallest absolute Gasteiger partial charge is 0.253 e. The lowest BCUT2D eigenvalue weighted by Gasteiger charge is -2.07. The Bertz CT molecular complexity index is 417. The molecule has 4 heteroatoms. The number of nitrogens with two attached hydrogens (primary N) is 2. The van der Waals surface area contributed by atoms with Gasteiger partial charge in [-0.2, -0.15) is 0 Å². The van der Waals surface area contributed by atoms with Crippen LogP contribution >= 0.6 is 0 Å². The monoisotopic (exact) mass is 219 g/mol. The molecule has 86 valence electrons. The van der Waals surface area contributed by atoms with Crippen molar-refractivity contribution in [3.8, 4) is 0 Å². The molecule has 0 spiro atoms. The van der Waals surface area contributed by atoms with Crippen LogP contribution in [0, 0.1) is 11.8 Å². The third-order valence-electron chi connectivity index (χ3n) is 3.12. The number of nitrogen functional groups attached to an aromatic ring is 2. The molecule has 2 atom stereocenters. The van der Waals surface area contributed by atoms with Crippen LogP contribution in [0.15, 0.2) is 18.2 Å². The summed E-state index contributed by atoms with van der Waals surface area (Å²) in [7, 11) is 0. The molecule has 1 aromatic carbocycles. The van der Waals surface area contributed by atoms with Crippen molar-refractivity contribution in [3.05, 3.63) is 23.8 Å². The zero-order valence-corrected chi connectivity index (χ0v) is 9.36. The zero-order valence-electron chi connectivity index (χ0n) is 9.36. The van der Waals surface area contributed by atoms with E-state index in [9.17, 15) is 4.79 Å². The predicted octanol–water partition coefficient (Wildman–Crippen LogP) is 1.24. The summed E-state index contributed by atoms with van der Waals surface area (Å²) in [6.45, 7) is 2.93. The van der Waals surface area contributed by atoms with Gasteiger partial charge in [-0.05, 0) is 36.5 Å². The van der Waals surface area contributed by atoms with Crippen molar-refractivity contribution in [3.63, 3.8) is 0 Å². The second kappa shape index (κ2) is 4.04. The highest BCUT2D eigenvalue weighted by Gasteiger charge is 2.32. The zero-order chi connectivity index (χ0) is 11.7. The summed E-state index contributed by atoms with van der Waals surface area (Å²) >= 11 is 0. The van der Waals surface area contributed by atoms with Crippen molar-refractivity contribution in [2.75, 3.05) is 18.0 Å². The van der Waals surface area contributed by atoms with Crippen LogP contribution in [0.5, 0.6) is 0 Å². The Labute approximate surface area is 95.0 Å². The second-order valence-electron chi connectivity index (χ2n) is 4.53. The minimum Gasteiger partial charge on any atom is -0.399 e. The molecule has 1 fully saturated rings. The maximum absolute atomic E-state index is 11.8. The number of anilines is 2. The van der Waals surface area contributed by atoms with Crippen molar-refractivity contribution in [2.45, 2.75) is 13.3 Å². The van der Waals surface area contributed by atoms with Gasteiger partial charge < -0.3 is 16.8 Å². The van der Waals surface area contributed by atoms with Gasteiger partial charge in [-0.1, -0.05) is 6.92 Å². The number of amides is 1. The molecule has 2 unspecified atom stereocenters. The highest BCUT2D eigenvalue weighted by molar-refractivity contribution is 5.99. The van der Waals surface area contributed by atoms with E-state index in [1.165, 1.54) is 6.42 Å². The minimum atomic E-state index is -0.114. The van der Waals surface area contributed by atoms with E-state index in [4.69, 9.17) is 11.5 Å². The molecule has 1 saturated carbocycles. The van der Waals surface area contributed by atoms with Gasteiger partial charge >= 0.3 is 0 Å². The van der Waals surface area contributed by atoms with Crippen LogP contribution in [-0.2, 0) is 0 Å². The van der Waals surface area contributed by atoms with E-state index in [1.54, 1.807) is 18.2 Å². The van der Waals surface area contributed by atoms with E-state index in [0.29, 0.717) is 22.9 Å². The quantitative estimate of drug-likeness (QED) is 0.669. The standard InChI is InChI=1S/C12H17N3O/c1-7-4-8(7)6-15-12(16)10-3-2-9(13)5-11(10)14/h2-3,5,7-8H,4,6,13-14H2,1H3,(H,15,16). The minimum absolute atomic E-state index is 0.114. The van der Waals surface area contributed by atoms with Gasteiger partial charge in [0.25, 0.3) is 5.91 Å². The summed E-state index contributed by atoms with van der Waals surface area (Å²) in [5.41, 5.74) is 12.8. The fourth-order valence-electron chi connectivity index (χ4n) is 1.79. The van der Waals surface area contributed by atoms with Crippen molar-refractivity contribution >= 4 is 17.3 Å². The summed E-state index contributed by atoms with van der Waals surface area (Å²) in [5, 5.41) is 2.89. The summed E-state index contributed by atoms with van der Waals surface area (Å²) in [6.07, 6.45) is 1.21. The first-order chi connectivity index (χ1) is 7.58. The van der Waals surface area contributed by atoms with Gasteiger partial charge in [-0.25, -0.2) is 0 Å². The van der Waals surface area contributed by atoms with Crippen molar-refractivity contribution in [1.82, 2.24) is 5.32 Å². The molecule has 1 aliphatic rings. The fourth-order valence-corrected chi connectivity index (χ4v) is 1.79. The van der Waals surface area contributed by atoms with Gasteiger partial charge in [0.1, 0.15) is 0 Å².